The molecule has 0 aliphatic rings. The van der Waals surface area contributed by atoms with Crippen molar-refractivity contribution in [2.24, 2.45) is 4.99 Å². The third-order valence-corrected chi connectivity index (χ3v) is 2.75. The van der Waals surface area contributed by atoms with Gasteiger partial charge in [-0.05, 0) is 37.6 Å². The molecular weight excluding hydrogens is 257 g/mol. The van der Waals surface area contributed by atoms with Gasteiger partial charge in [-0.2, -0.15) is 0 Å². The minimum atomic E-state index is -0.261. The summed E-state index contributed by atoms with van der Waals surface area (Å²) in [5.41, 5.74) is 0. The standard InChI is InChI=1S/C15H24FN3O/c1-4-5-10-18-15(17-3)19-11-12(2)20-14-8-6-13(16)7-9-14/h6-9,12H,4-5,10-11H2,1-3H3,(H2,17,18,19). The molecule has 0 aliphatic carbocycles. The summed E-state index contributed by atoms with van der Waals surface area (Å²) in [7, 11) is 1.74. The Morgan fingerprint density at radius 2 is 2.00 bits per heavy atom. The van der Waals surface area contributed by atoms with Crippen molar-refractivity contribution in [2.45, 2.75) is 32.8 Å². The second-order valence-electron chi connectivity index (χ2n) is 4.62. The second kappa shape index (κ2) is 9.18. The van der Waals surface area contributed by atoms with Crippen LogP contribution in [0.25, 0.3) is 0 Å². The molecule has 0 aromatic heterocycles. The maximum absolute atomic E-state index is 12.8. The summed E-state index contributed by atoms with van der Waals surface area (Å²) < 4.78 is 18.5. The molecule has 20 heavy (non-hydrogen) atoms. The maximum atomic E-state index is 12.8. The summed E-state index contributed by atoms with van der Waals surface area (Å²) in [5, 5.41) is 6.43. The summed E-state index contributed by atoms with van der Waals surface area (Å²) in [6.07, 6.45) is 2.22. The van der Waals surface area contributed by atoms with Gasteiger partial charge in [0.25, 0.3) is 0 Å². The quantitative estimate of drug-likeness (QED) is 0.459. The Bertz CT molecular complexity index is 406. The van der Waals surface area contributed by atoms with E-state index in [4.69, 9.17) is 4.74 Å². The van der Waals surface area contributed by atoms with E-state index in [0.29, 0.717) is 12.3 Å². The monoisotopic (exact) mass is 281 g/mol. The van der Waals surface area contributed by atoms with Crippen LogP contribution in [0.15, 0.2) is 29.3 Å². The topological polar surface area (TPSA) is 45.7 Å². The van der Waals surface area contributed by atoms with Gasteiger partial charge in [0.2, 0.25) is 0 Å². The summed E-state index contributed by atoms with van der Waals surface area (Å²) in [6.45, 7) is 5.64. The molecule has 0 saturated heterocycles. The molecule has 0 heterocycles. The van der Waals surface area contributed by atoms with E-state index in [9.17, 15) is 4.39 Å². The predicted octanol–water partition coefficient (Wildman–Crippen LogP) is 2.56. The molecule has 0 bridgehead atoms. The fourth-order valence-electron chi connectivity index (χ4n) is 1.63. The zero-order valence-electron chi connectivity index (χ0n) is 12.4. The number of rotatable bonds is 7. The highest BCUT2D eigenvalue weighted by molar-refractivity contribution is 5.79. The highest BCUT2D eigenvalue weighted by Crippen LogP contribution is 2.12. The van der Waals surface area contributed by atoms with E-state index in [1.54, 1.807) is 19.2 Å². The van der Waals surface area contributed by atoms with E-state index in [1.165, 1.54) is 12.1 Å². The molecule has 0 aliphatic heterocycles. The van der Waals surface area contributed by atoms with Crippen LogP contribution in [0.3, 0.4) is 0 Å². The van der Waals surface area contributed by atoms with Crippen molar-refractivity contribution in [3.63, 3.8) is 0 Å². The number of unbranched alkanes of at least 4 members (excludes halogenated alkanes) is 1. The molecule has 2 N–H and O–H groups in total. The van der Waals surface area contributed by atoms with Gasteiger partial charge in [-0.25, -0.2) is 4.39 Å². The SMILES string of the molecule is CCCCNC(=NC)NCC(C)Oc1ccc(F)cc1. The van der Waals surface area contributed by atoms with Crippen LogP contribution in [0, 0.1) is 5.82 Å². The summed E-state index contributed by atoms with van der Waals surface area (Å²) in [5.74, 6) is 1.17. The van der Waals surface area contributed by atoms with Crippen LogP contribution in [-0.2, 0) is 0 Å². The van der Waals surface area contributed by atoms with Gasteiger partial charge in [-0.3, -0.25) is 4.99 Å². The van der Waals surface area contributed by atoms with E-state index in [1.807, 2.05) is 6.92 Å². The maximum Gasteiger partial charge on any atom is 0.191 e. The number of hydrogen-bond donors (Lipinski definition) is 2. The fourth-order valence-corrected chi connectivity index (χ4v) is 1.63. The first-order chi connectivity index (χ1) is 9.65. The van der Waals surface area contributed by atoms with Crippen LogP contribution >= 0.6 is 0 Å². The van der Waals surface area contributed by atoms with Gasteiger partial charge >= 0.3 is 0 Å². The molecule has 1 aromatic rings. The number of guanidine groups is 1. The molecule has 112 valence electrons. The van der Waals surface area contributed by atoms with Gasteiger partial charge in [-0.1, -0.05) is 13.3 Å². The first kappa shape index (κ1) is 16.3. The van der Waals surface area contributed by atoms with Gasteiger partial charge in [0.05, 0.1) is 6.54 Å². The first-order valence-electron chi connectivity index (χ1n) is 7.02. The number of ether oxygens (including phenoxy) is 1. The third kappa shape index (κ3) is 6.41. The number of nitrogens with zero attached hydrogens (tertiary/aromatic N) is 1. The van der Waals surface area contributed by atoms with Crippen molar-refractivity contribution in [1.29, 1.82) is 0 Å². The van der Waals surface area contributed by atoms with Crippen LogP contribution in [0.5, 0.6) is 5.75 Å². The number of nitrogens with one attached hydrogen (secondary N) is 2. The van der Waals surface area contributed by atoms with Crippen molar-refractivity contribution in [1.82, 2.24) is 10.6 Å². The Balaban J connectivity index is 2.31. The van der Waals surface area contributed by atoms with Gasteiger partial charge in [0, 0.05) is 13.6 Å². The Kier molecular flexibility index (Phi) is 7.47. The van der Waals surface area contributed by atoms with Crippen LogP contribution in [0.4, 0.5) is 4.39 Å². The molecule has 0 fully saturated rings. The number of benzene rings is 1. The lowest BCUT2D eigenvalue weighted by atomic mass is 10.3. The van der Waals surface area contributed by atoms with Crippen LogP contribution in [0.2, 0.25) is 0 Å². The predicted molar refractivity (Wildman–Crippen MR) is 80.8 cm³/mol. The molecule has 0 saturated carbocycles. The molecule has 0 amide bonds. The van der Waals surface area contributed by atoms with Crippen molar-refractivity contribution in [3.8, 4) is 5.75 Å². The molecule has 1 atom stereocenters. The molecule has 1 unspecified atom stereocenters. The molecule has 0 radical (unpaired) electrons. The van der Waals surface area contributed by atoms with E-state index >= 15 is 0 Å². The van der Waals surface area contributed by atoms with E-state index < -0.39 is 0 Å². The zero-order valence-corrected chi connectivity index (χ0v) is 12.4. The second-order valence-corrected chi connectivity index (χ2v) is 4.62. The lowest BCUT2D eigenvalue weighted by Crippen LogP contribution is -2.42. The van der Waals surface area contributed by atoms with Crippen LogP contribution in [0.1, 0.15) is 26.7 Å². The normalized spacial score (nSPS) is 12.9. The van der Waals surface area contributed by atoms with Crippen LogP contribution in [-0.4, -0.2) is 32.2 Å². The third-order valence-electron chi connectivity index (χ3n) is 2.75. The minimum absolute atomic E-state index is 0.0369. The summed E-state index contributed by atoms with van der Waals surface area (Å²) >= 11 is 0. The molecular formula is C15H24FN3O. The van der Waals surface area contributed by atoms with Crippen molar-refractivity contribution >= 4 is 5.96 Å². The van der Waals surface area contributed by atoms with Crippen molar-refractivity contribution in [2.75, 3.05) is 20.1 Å². The number of halogens is 1. The van der Waals surface area contributed by atoms with Crippen LogP contribution < -0.4 is 15.4 Å². The smallest absolute Gasteiger partial charge is 0.191 e. The number of hydrogen-bond acceptors (Lipinski definition) is 2. The summed E-state index contributed by atoms with van der Waals surface area (Å²) in [4.78, 5) is 4.14. The van der Waals surface area contributed by atoms with E-state index in [0.717, 1.165) is 25.3 Å². The van der Waals surface area contributed by atoms with E-state index in [2.05, 4.69) is 22.5 Å². The van der Waals surface area contributed by atoms with Gasteiger partial charge < -0.3 is 15.4 Å². The van der Waals surface area contributed by atoms with E-state index in [-0.39, 0.29) is 11.9 Å². The van der Waals surface area contributed by atoms with Crippen molar-refractivity contribution < 1.29 is 9.13 Å². The minimum Gasteiger partial charge on any atom is -0.489 e. The van der Waals surface area contributed by atoms with Gasteiger partial charge in [-0.15, -0.1) is 0 Å². The number of aliphatic imine (C=N–C) groups is 1. The summed E-state index contributed by atoms with van der Waals surface area (Å²) in [6, 6.07) is 6.03. The highest BCUT2D eigenvalue weighted by atomic mass is 19.1. The van der Waals surface area contributed by atoms with Gasteiger partial charge in [0.15, 0.2) is 5.96 Å². The molecule has 0 spiro atoms. The average Bonchev–Trinajstić information content (AvgIpc) is 2.45. The zero-order chi connectivity index (χ0) is 14.8. The molecule has 5 heteroatoms. The Morgan fingerprint density at radius 1 is 1.30 bits per heavy atom. The Labute approximate surface area is 120 Å². The lowest BCUT2D eigenvalue weighted by molar-refractivity contribution is 0.223. The first-order valence-corrected chi connectivity index (χ1v) is 7.02. The highest BCUT2D eigenvalue weighted by Gasteiger charge is 2.05. The molecule has 1 aromatic carbocycles. The fraction of sp³-hybridized carbons (Fsp3) is 0.533. The largest absolute Gasteiger partial charge is 0.489 e. The van der Waals surface area contributed by atoms with Gasteiger partial charge in [0.1, 0.15) is 17.7 Å². The Morgan fingerprint density at radius 3 is 2.60 bits per heavy atom. The molecule has 1 rings (SSSR count). The average molecular weight is 281 g/mol. The van der Waals surface area contributed by atoms with Crippen molar-refractivity contribution in [3.05, 3.63) is 30.1 Å². The lowest BCUT2D eigenvalue weighted by Gasteiger charge is -2.17. The Hall–Kier alpha value is -1.78. The molecule has 4 nitrogen and oxygen atoms in total.